The average molecular weight is 514 g/mol. The van der Waals surface area contributed by atoms with Gasteiger partial charge in [0.25, 0.3) is 0 Å². The first-order valence-corrected chi connectivity index (χ1v) is 12.7. The summed E-state index contributed by atoms with van der Waals surface area (Å²) in [5.41, 5.74) is 4.07. The van der Waals surface area contributed by atoms with E-state index in [-0.39, 0.29) is 10.7 Å². The van der Waals surface area contributed by atoms with Crippen molar-refractivity contribution in [3.05, 3.63) is 107 Å². The van der Waals surface area contributed by atoms with Crippen LogP contribution < -0.4 is 0 Å². The van der Waals surface area contributed by atoms with Crippen LogP contribution in [0.3, 0.4) is 0 Å². The highest BCUT2D eigenvalue weighted by atomic mass is 32.2. The van der Waals surface area contributed by atoms with Gasteiger partial charge in [-0.3, -0.25) is 5.10 Å². The number of nitrogens with zero attached hydrogens (tertiary/aromatic N) is 2. The normalized spacial score (nSPS) is 19.6. The summed E-state index contributed by atoms with van der Waals surface area (Å²) in [6, 6.07) is 14.2. The van der Waals surface area contributed by atoms with E-state index in [1.807, 2.05) is 18.2 Å². The third-order valence-corrected chi connectivity index (χ3v) is 8.89. The van der Waals surface area contributed by atoms with Crippen LogP contribution in [-0.4, -0.2) is 29.0 Å². The molecule has 2 aliphatic rings. The highest BCUT2D eigenvalue weighted by Crippen LogP contribution is 2.48. The standard InChI is InChI=1S/C26H19F4N3O2S/c27-17-8-4-15(5-9-17)20-2-1-3-21-22(20)12-18-13-24-23(14-31-32-24)25(21)33(18)36(34,35)19-10-6-16(7-11-19)26(28,29)30/h1-11,14,18,25H,12-13H2,(H,31,32)/t18?,25-/m1/s1. The maximum atomic E-state index is 13.9. The molecule has 3 aromatic carbocycles. The second kappa shape index (κ2) is 8.01. The molecule has 6 rings (SSSR count). The fourth-order valence-electron chi connectivity index (χ4n) is 5.36. The van der Waals surface area contributed by atoms with Gasteiger partial charge in [0.15, 0.2) is 0 Å². The van der Waals surface area contributed by atoms with Gasteiger partial charge in [-0.15, -0.1) is 0 Å². The smallest absolute Gasteiger partial charge is 0.282 e. The van der Waals surface area contributed by atoms with E-state index in [4.69, 9.17) is 0 Å². The summed E-state index contributed by atoms with van der Waals surface area (Å²) >= 11 is 0. The fourth-order valence-corrected chi connectivity index (χ4v) is 7.13. The quantitative estimate of drug-likeness (QED) is 0.368. The van der Waals surface area contributed by atoms with Gasteiger partial charge in [-0.05, 0) is 65.1 Å². The zero-order valence-corrected chi connectivity index (χ0v) is 19.4. The first kappa shape index (κ1) is 22.9. The molecule has 3 heterocycles. The van der Waals surface area contributed by atoms with Crippen LogP contribution in [0, 0.1) is 5.82 Å². The Morgan fingerprint density at radius 3 is 2.33 bits per heavy atom. The topological polar surface area (TPSA) is 66.1 Å². The van der Waals surface area contributed by atoms with Crippen molar-refractivity contribution in [3.63, 3.8) is 0 Å². The molecule has 1 unspecified atom stereocenters. The SMILES string of the molecule is O=S(=O)(c1ccc(C(F)(F)F)cc1)N1C2Cc3[nH]ncc3[C@H]1c1cccc(-c3ccc(F)cc3)c1C2. The summed E-state index contributed by atoms with van der Waals surface area (Å²) in [6.07, 6.45) is -2.20. The lowest BCUT2D eigenvalue weighted by Crippen LogP contribution is -2.51. The van der Waals surface area contributed by atoms with Gasteiger partial charge in [-0.25, -0.2) is 12.8 Å². The predicted octanol–water partition coefficient (Wildman–Crippen LogP) is 5.50. The molecule has 0 amide bonds. The summed E-state index contributed by atoms with van der Waals surface area (Å²) in [4.78, 5) is -0.199. The number of hydrogen-bond donors (Lipinski definition) is 1. The van der Waals surface area contributed by atoms with E-state index in [0.717, 1.165) is 52.2 Å². The summed E-state index contributed by atoms with van der Waals surface area (Å²) in [5.74, 6) is -0.350. The number of aromatic nitrogens is 2. The van der Waals surface area contributed by atoms with Crippen LogP contribution in [0.1, 0.15) is 34.0 Å². The van der Waals surface area contributed by atoms with Crippen molar-refractivity contribution in [2.75, 3.05) is 0 Å². The lowest BCUT2D eigenvalue weighted by molar-refractivity contribution is -0.137. The summed E-state index contributed by atoms with van der Waals surface area (Å²) in [7, 11) is -4.16. The van der Waals surface area contributed by atoms with Crippen LogP contribution in [0.5, 0.6) is 0 Å². The average Bonchev–Trinajstić information content (AvgIpc) is 3.31. The van der Waals surface area contributed by atoms with Crippen molar-refractivity contribution < 1.29 is 26.0 Å². The van der Waals surface area contributed by atoms with Gasteiger partial charge in [0.2, 0.25) is 10.0 Å². The molecular weight excluding hydrogens is 494 g/mol. The number of hydrogen-bond acceptors (Lipinski definition) is 3. The molecule has 5 nitrogen and oxygen atoms in total. The summed E-state index contributed by atoms with van der Waals surface area (Å²) < 4.78 is 81.9. The Hall–Kier alpha value is -3.50. The minimum atomic E-state index is -4.56. The van der Waals surface area contributed by atoms with Gasteiger partial charge in [0, 0.05) is 23.7 Å². The third-order valence-electron chi connectivity index (χ3n) is 6.96. The summed E-state index contributed by atoms with van der Waals surface area (Å²) in [5, 5.41) is 7.11. The van der Waals surface area contributed by atoms with Crippen molar-refractivity contribution in [1.29, 1.82) is 0 Å². The molecule has 184 valence electrons. The largest absolute Gasteiger partial charge is 0.416 e. The van der Waals surface area contributed by atoms with Gasteiger partial charge in [0.05, 0.1) is 22.7 Å². The van der Waals surface area contributed by atoms with Crippen LogP contribution in [0.2, 0.25) is 0 Å². The highest BCUT2D eigenvalue weighted by Gasteiger charge is 2.48. The molecule has 0 aliphatic carbocycles. The second-order valence-electron chi connectivity index (χ2n) is 9.01. The van der Waals surface area contributed by atoms with E-state index >= 15 is 0 Å². The van der Waals surface area contributed by atoms with Gasteiger partial charge in [-0.2, -0.15) is 22.6 Å². The number of H-pyrrole nitrogens is 1. The van der Waals surface area contributed by atoms with E-state index in [1.54, 1.807) is 18.3 Å². The molecule has 0 fully saturated rings. The Morgan fingerprint density at radius 2 is 1.64 bits per heavy atom. The van der Waals surface area contributed by atoms with E-state index < -0.39 is 33.8 Å². The molecule has 0 saturated heterocycles. The van der Waals surface area contributed by atoms with Crippen LogP contribution >= 0.6 is 0 Å². The Bertz CT molecular complexity index is 1560. The molecule has 2 atom stereocenters. The molecule has 10 heteroatoms. The zero-order valence-electron chi connectivity index (χ0n) is 18.6. The number of benzene rings is 3. The number of fused-ring (bicyclic) bond motifs is 6. The van der Waals surface area contributed by atoms with E-state index in [2.05, 4.69) is 10.2 Å². The molecule has 0 saturated carbocycles. The van der Waals surface area contributed by atoms with Gasteiger partial charge in [0.1, 0.15) is 5.82 Å². The Morgan fingerprint density at radius 1 is 0.917 bits per heavy atom. The minimum absolute atomic E-state index is 0.199. The first-order valence-electron chi connectivity index (χ1n) is 11.3. The number of alkyl halides is 3. The fraction of sp³-hybridized carbons (Fsp3) is 0.192. The van der Waals surface area contributed by atoms with E-state index in [0.29, 0.717) is 18.4 Å². The second-order valence-corrected chi connectivity index (χ2v) is 10.8. The van der Waals surface area contributed by atoms with Crippen LogP contribution in [0.4, 0.5) is 17.6 Å². The zero-order chi connectivity index (χ0) is 25.2. The molecule has 36 heavy (non-hydrogen) atoms. The lowest BCUT2D eigenvalue weighted by Gasteiger charge is -2.45. The van der Waals surface area contributed by atoms with Crippen molar-refractivity contribution in [2.24, 2.45) is 0 Å². The van der Waals surface area contributed by atoms with E-state index in [1.165, 1.54) is 16.4 Å². The number of halogens is 4. The molecule has 4 aromatic rings. The molecule has 1 aromatic heterocycles. The van der Waals surface area contributed by atoms with Crippen molar-refractivity contribution >= 4 is 10.0 Å². The molecule has 0 radical (unpaired) electrons. The van der Waals surface area contributed by atoms with Crippen LogP contribution in [0.25, 0.3) is 11.1 Å². The summed E-state index contributed by atoms with van der Waals surface area (Å²) in [6.45, 7) is 0. The minimum Gasteiger partial charge on any atom is -0.282 e. The maximum Gasteiger partial charge on any atom is 0.416 e. The predicted molar refractivity (Wildman–Crippen MR) is 124 cm³/mol. The molecule has 2 aliphatic heterocycles. The van der Waals surface area contributed by atoms with Crippen LogP contribution in [-0.2, 0) is 29.0 Å². The Balaban J connectivity index is 1.50. The Kier molecular flexibility index (Phi) is 5.10. The first-order chi connectivity index (χ1) is 17.1. The number of nitrogens with one attached hydrogen (secondary N) is 1. The lowest BCUT2D eigenvalue weighted by atomic mass is 9.78. The van der Waals surface area contributed by atoms with Gasteiger partial charge in [-0.1, -0.05) is 30.3 Å². The third kappa shape index (κ3) is 3.55. The Labute approximate surface area is 204 Å². The number of aromatic amines is 1. The molecule has 0 spiro atoms. The van der Waals surface area contributed by atoms with Crippen molar-refractivity contribution in [1.82, 2.24) is 14.5 Å². The van der Waals surface area contributed by atoms with E-state index in [9.17, 15) is 26.0 Å². The van der Waals surface area contributed by atoms with Crippen molar-refractivity contribution in [3.8, 4) is 11.1 Å². The number of rotatable bonds is 3. The molecule has 1 N–H and O–H groups in total. The van der Waals surface area contributed by atoms with Crippen molar-refractivity contribution in [2.45, 2.75) is 36.0 Å². The highest BCUT2D eigenvalue weighted by molar-refractivity contribution is 7.89. The molecule has 2 bridgehead atoms. The maximum absolute atomic E-state index is 13.9. The monoisotopic (exact) mass is 513 g/mol. The van der Waals surface area contributed by atoms with Gasteiger partial charge >= 0.3 is 6.18 Å². The molecular formula is C26H19F4N3O2S. The van der Waals surface area contributed by atoms with Crippen LogP contribution in [0.15, 0.2) is 77.8 Å². The van der Waals surface area contributed by atoms with Gasteiger partial charge < -0.3 is 0 Å². The number of sulfonamides is 1.